The number of hydrogen-bond acceptors (Lipinski definition) is 7. The fourth-order valence-corrected chi connectivity index (χ4v) is 5.84. The number of rotatable bonds is 11. The van der Waals surface area contributed by atoms with Crippen molar-refractivity contribution in [3.8, 4) is 5.75 Å². The van der Waals surface area contributed by atoms with E-state index in [0.29, 0.717) is 43.9 Å². The van der Waals surface area contributed by atoms with Crippen LogP contribution >= 0.6 is 15.9 Å². The molecule has 2 aliphatic rings. The standard InChI is InChI=1S/C32H36BrN3O5/c33-28-10-5-4-9-27(28)29-32(21-22-7-2-1-3-8-22,31(39)36-35-24-13-15-25(38)16-14-24)34-30(41-29)23-11-17-26(18-12-23)40-20-6-19-37/h1-5,7-12,17-18,24-25,29,35,37-38H,6,13-16,19-21H2,(H,36,39)/t24?,25?,29-,32-/m0/s1. The first-order valence-corrected chi connectivity index (χ1v) is 14.9. The minimum atomic E-state index is -1.31. The zero-order chi connectivity index (χ0) is 28.7. The third-order valence-electron chi connectivity index (χ3n) is 7.62. The van der Waals surface area contributed by atoms with E-state index < -0.39 is 11.6 Å². The molecule has 3 aromatic rings. The van der Waals surface area contributed by atoms with Crippen molar-refractivity contribution in [3.05, 3.63) is 100 Å². The van der Waals surface area contributed by atoms with E-state index in [-0.39, 0.29) is 24.7 Å². The molecule has 0 unspecified atom stereocenters. The lowest BCUT2D eigenvalue weighted by atomic mass is 9.82. The molecule has 1 heterocycles. The highest BCUT2D eigenvalue weighted by atomic mass is 79.9. The molecule has 0 spiro atoms. The number of hydrogen-bond donors (Lipinski definition) is 4. The molecule has 4 N–H and O–H groups in total. The van der Waals surface area contributed by atoms with Gasteiger partial charge >= 0.3 is 0 Å². The summed E-state index contributed by atoms with van der Waals surface area (Å²) in [4.78, 5) is 19.4. The summed E-state index contributed by atoms with van der Waals surface area (Å²) in [5.41, 5.74) is 7.41. The average Bonchev–Trinajstić information content (AvgIpc) is 3.38. The van der Waals surface area contributed by atoms with E-state index in [1.807, 2.05) is 78.9 Å². The van der Waals surface area contributed by atoms with Crippen LogP contribution in [-0.2, 0) is 16.0 Å². The lowest BCUT2D eigenvalue weighted by Crippen LogP contribution is -2.56. The highest BCUT2D eigenvalue weighted by Gasteiger charge is 2.54. The molecule has 1 amide bonds. The van der Waals surface area contributed by atoms with E-state index in [1.54, 1.807) is 0 Å². The van der Waals surface area contributed by atoms with Crippen molar-refractivity contribution in [3.63, 3.8) is 0 Å². The summed E-state index contributed by atoms with van der Waals surface area (Å²) in [6.45, 7) is 0.493. The molecule has 1 saturated carbocycles. The van der Waals surface area contributed by atoms with Crippen molar-refractivity contribution in [2.75, 3.05) is 13.2 Å². The van der Waals surface area contributed by atoms with E-state index in [4.69, 9.17) is 19.6 Å². The minimum absolute atomic E-state index is 0.0715. The normalized spacial score (nSPS) is 23.9. The molecule has 0 saturated heterocycles. The van der Waals surface area contributed by atoms with Crippen LogP contribution in [-0.4, -0.2) is 52.9 Å². The van der Waals surface area contributed by atoms with Gasteiger partial charge in [-0.15, -0.1) is 0 Å². The molecule has 9 heteroatoms. The monoisotopic (exact) mass is 621 g/mol. The number of aliphatic hydroxyl groups excluding tert-OH is 2. The van der Waals surface area contributed by atoms with E-state index in [2.05, 4.69) is 26.8 Å². The summed E-state index contributed by atoms with van der Waals surface area (Å²) in [7, 11) is 0. The number of aliphatic hydroxyl groups is 2. The zero-order valence-corrected chi connectivity index (χ0v) is 24.4. The van der Waals surface area contributed by atoms with Crippen LogP contribution in [0.3, 0.4) is 0 Å². The third kappa shape index (κ3) is 6.98. The number of carbonyl (C=O) groups excluding carboxylic acids is 1. The quantitative estimate of drug-likeness (QED) is 0.183. The summed E-state index contributed by atoms with van der Waals surface area (Å²) < 4.78 is 13.1. The number of benzene rings is 3. The fraction of sp³-hybridized carbons (Fsp3) is 0.375. The van der Waals surface area contributed by atoms with E-state index in [9.17, 15) is 9.90 Å². The Kier molecular flexibility index (Phi) is 9.72. The second-order valence-electron chi connectivity index (χ2n) is 10.6. The predicted octanol–water partition coefficient (Wildman–Crippen LogP) is 4.63. The van der Waals surface area contributed by atoms with Crippen LogP contribution in [0.4, 0.5) is 0 Å². The Balaban J connectivity index is 1.50. The molecule has 1 fully saturated rings. The van der Waals surface area contributed by atoms with Crippen LogP contribution in [0.1, 0.15) is 54.9 Å². The molecule has 0 radical (unpaired) electrons. The molecule has 1 aliphatic heterocycles. The Morgan fingerprint density at radius 3 is 2.41 bits per heavy atom. The topological polar surface area (TPSA) is 112 Å². The number of ether oxygens (including phenoxy) is 2. The maximum atomic E-state index is 14.3. The number of carbonyl (C=O) groups is 1. The Morgan fingerprint density at radius 2 is 1.71 bits per heavy atom. The van der Waals surface area contributed by atoms with Crippen LogP contribution in [0, 0.1) is 0 Å². The first-order valence-electron chi connectivity index (χ1n) is 14.1. The van der Waals surface area contributed by atoms with Gasteiger partial charge in [0.2, 0.25) is 5.90 Å². The van der Waals surface area contributed by atoms with E-state index >= 15 is 0 Å². The lowest BCUT2D eigenvalue weighted by molar-refractivity contribution is -0.130. The molecule has 216 valence electrons. The van der Waals surface area contributed by atoms with Crippen molar-refractivity contribution < 1.29 is 24.5 Å². The Hall–Kier alpha value is -3.24. The summed E-state index contributed by atoms with van der Waals surface area (Å²) in [6, 6.07) is 25.1. The second-order valence-corrected chi connectivity index (χ2v) is 11.4. The van der Waals surface area contributed by atoms with Crippen molar-refractivity contribution in [1.29, 1.82) is 0 Å². The number of hydrazine groups is 1. The third-order valence-corrected chi connectivity index (χ3v) is 8.34. The maximum Gasteiger partial charge on any atom is 0.266 e. The fourth-order valence-electron chi connectivity index (χ4n) is 5.35. The first kappa shape index (κ1) is 29.3. The molecular formula is C32H36BrN3O5. The number of nitrogens with zero attached hydrogens (tertiary/aromatic N) is 1. The molecule has 1 aliphatic carbocycles. The van der Waals surface area contributed by atoms with Crippen molar-refractivity contribution >= 4 is 27.7 Å². The van der Waals surface area contributed by atoms with Gasteiger partial charge in [0, 0.05) is 41.1 Å². The SMILES string of the molecule is O=C(NNC1CCC(O)CC1)[C@@]1(Cc2ccccc2)N=C(c2ccc(OCCCO)cc2)O[C@H]1c1ccccc1Br. The van der Waals surface area contributed by atoms with Gasteiger partial charge in [-0.1, -0.05) is 64.5 Å². The van der Waals surface area contributed by atoms with Crippen molar-refractivity contribution in [2.24, 2.45) is 4.99 Å². The van der Waals surface area contributed by atoms with Crippen molar-refractivity contribution in [2.45, 2.75) is 62.3 Å². The maximum absolute atomic E-state index is 14.3. The molecule has 8 nitrogen and oxygen atoms in total. The van der Waals surface area contributed by atoms with E-state index in [0.717, 1.165) is 34.0 Å². The summed E-state index contributed by atoms with van der Waals surface area (Å²) in [5.74, 6) is 0.768. The second kappa shape index (κ2) is 13.6. The Labute approximate surface area is 248 Å². The lowest BCUT2D eigenvalue weighted by Gasteiger charge is -2.33. The molecule has 3 aromatic carbocycles. The van der Waals surface area contributed by atoms with Gasteiger partial charge in [-0.2, -0.15) is 0 Å². The Morgan fingerprint density at radius 1 is 1.00 bits per heavy atom. The van der Waals surface area contributed by atoms with Gasteiger partial charge < -0.3 is 19.7 Å². The number of nitrogens with one attached hydrogen (secondary N) is 2. The molecule has 2 atom stereocenters. The van der Waals surface area contributed by atoms with Gasteiger partial charge in [-0.05, 0) is 61.6 Å². The average molecular weight is 623 g/mol. The summed E-state index contributed by atoms with van der Waals surface area (Å²) in [6.07, 6.45) is 2.84. The van der Waals surface area contributed by atoms with Crippen LogP contribution in [0.25, 0.3) is 0 Å². The van der Waals surface area contributed by atoms with Crippen LogP contribution in [0.5, 0.6) is 5.75 Å². The van der Waals surface area contributed by atoms with E-state index in [1.165, 1.54) is 0 Å². The van der Waals surface area contributed by atoms with Crippen LogP contribution in [0.2, 0.25) is 0 Å². The van der Waals surface area contributed by atoms with Gasteiger partial charge in [-0.25, -0.2) is 10.4 Å². The zero-order valence-electron chi connectivity index (χ0n) is 22.8. The highest BCUT2D eigenvalue weighted by Crippen LogP contribution is 2.44. The van der Waals surface area contributed by atoms with Crippen LogP contribution < -0.4 is 15.6 Å². The summed E-state index contributed by atoms with van der Waals surface area (Å²) in [5, 5.41) is 18.9. The van der Waals surface area contributed by atoms with Crippen LogP contribution in [0.15, 0.2) is 88.3 Å². The van der Waals surface area contributed by atoms with Gasteiger partial charge in [0.25, 0.3) is 5.91 Å². The summed E-state index contributed by atoms with van der Waals surface area (Å²) >= 11 is 3.68. The first-order chi connectivity index (χ1) is 20.0. The molecule has 0 bridgehead atoms. The molecule has 5 rings (SSSR count). The highest BCUT2D eigenvalue weighted by molar-refractivity contribution is 9.10. The largest absolute Gasteiger partial charge is 0.494 e. The number of aliphatic imine (C=N–C) groups is 1. The van der Waals surface area contributed by atoms with Gasteiger partial charge in [0.1, 0.15) is 5.75 Å². The predicted molar refractivity (Wildman–Crippen MR) is 161 cm³/mol. The smallest absolute Gasteiger partial charge is 0.266 e. The van der Waals surface area contributed by atoms with Gasteiger partial charge in [-0.3, -0.25) is 10.2 Å². The number of halogens is 1. The van der Waals surface area contributed by atoms with Crippen molar-refractivity contribution in [1.82, 2.24) is 10.9 Å². The van der Waals surface area contributed by atoms with Gasteiger partial charge in [0.05, 0.1) is 12.7 Å². The Bertz CT molecular complexity index is 1330. The molecule has 41 heavy (non-hydrogen) atoms. The molecule has 0 aromatic heterocycles. The molecular weight excluding hydrogens is 586 g/mol. The number of amides is 1. The van der Waals surface area contributed by atoms with Gasteiger partial charge in [0.15, 0.2) is 11.6 Å². The minimum Gasteiger partial charge on any atom is -0.494 e.